The molecule has 0 aliphatic carbocycles. The van der Waals surface area contributed by atoms with Gasteiger partial charge in [0.05, 0.1) is 26.4 Å². The van der Waals surface area contributed by atoms with Gasteiger partial charge in [-0.25, -0.2) is 9.13 Å². The zero-order valence-electron chi connectivity index (χ0n) is 64.4. The minimum absolute atomic E-state index is 0.102. The Morgan fingerprint density at radius 3 is 0.724 bits per heavy atom. The molecule has 19 heteroatoms. The van der Waals surface area contributed by atoms with Gasteiger partial charge in [-0.3, -0.25) is 37.3 Å². The maximum atomic E-state index is 13.1. The number of carbonyl (C=O) groups excluding carboxylic acids is 4. The molecule has 7 atom stereocenters. The monoisotopic (exact) mass is 1440 g/mol. The zero-order valence-corrected chi connectivity index (χ0v) is 66.2. The van der Waals surface area contributed by atoms with Crippen LogP contribution in [0.15, 0.2) is 0 Å². The van der Waals surface area contributed by atoms with Crippen LogP contribution in [0, 0.1) is 23.7 Å². The second-order valence-corrected chi connectivity index (χ2v) is 32.8. The predicted molar refractivity (Wildman–Crippen MR) is 400 cm³/mol. The van der Waals surface area contributed by atoms with Gasteiger partial charge in [0.25, 0.3) is 0 Å². The number of hydrogen-bond acceptors (Lipinski definition) is 15. The molecule has 0 heterocycles. The van der Waals surface area contributed by atoms with Crippen LogP contribution in [0.3, 0.4) is 0 Å². The van der Waals surface area contributed by atoms with E-state index in [-0.39, 0.29) is 25.7 Å². The topological polar surface area (TPSA) is 237 Å². The number of hydrogen-bond donors (Lipinski definition) is 3. The summed E-state index contributed by atoms with van der Waals surface area (Å²) in [5.74, 6) is 0.947. The summed E-state index contributed by atoms with van der Waals surface area (Å²) in [6, 6.07) is 0. The van der Waals surface area contributed by atoms with E-state index in [1.165, 1.54) is 199 Å². The molecule has 98 heavy (non-hydrogen) atoms. The van der Waals surface area contributed by atoms with Crippen molar-refractivity contribution in [3.8, 4) is 0 Å². The van der Waals surface area contributed by atoms with Crippen LogP contribution < -0.4 is 0 Å². The smallest absolute Gasteiger partial charge is 0.462 e. The molecule has 0 saturated heterocycles. The van der Waals surface area contributed by atoms with Gasteiger partial charge in [-0.1, -0.05) is 351 Å². The maximum Gasteiger partial charge on any atom is 0.472 e. The van der Waals surface area contributed by atoms with Crippen molar-refractivity contribution in [2.24, 2.45) is 23.7 Å². The number of rotatable bonds is 76. The van der Waals surface area contributed by atoms with Crippen LogP contribution in [0.2, 0.25) is 0 Å². The molecule has 582 valence electrons. The second kappa shape index (κ2) is 68.2. The number of carbonyl (C=O) groups is 4. The Hall–Kier alpha value is -1.94. The third-order valence-corrected chi connectivity index (χ3v) is 20.9. The molecule has 0 aliphatic rings. The largest absolute Gasteiger partial charge is 0.472 e. The normalized spacial score (nSPS) is 14.6. The van der Waals surface area contributed by atoms with Gasteiger partial charge >= 0.3 is 39.5 Å². The summed E-state index contributed by atoms with van der Waals surface area (Å²) in [6.45, 7) is 14.2. The van der Waals surface area contributed by atoms with Crippen molar-refractivity contribution >= 4 is 39.5 Å². The van der Waals surface area contributed by atoms with E-state index < -0.39 is 97.5 Å². The molecule has 0 fully saturated rings. The number of phosphoric ester groups is 2. The van der Waals surface area contributed by atoms with Crippen LogP contribution in [0.1, 0.15) is 402 Å². The van der Waals surface area contributed by atoms with Crippen LogP contribution in [0.4, 0.5) is 0 Å². The van der Waals surface area contributed by atoms with Gasteiger partial charge in [-0.05, 0) is 49.4 Å². The minimum atomic E-state index is -4.96. The van der Waals surface area contributed by atoms with E-state index in [0.717, 1.165) is 114 Å². The fourth-order valence-electron chi connectivity index (χ4n) is 12.0. The first-order chi connectivity index (χ1) is 47.2. The summed E-state index contributed by atoms with van der Waals surface area (Å²) in [5, 5.41) is 10.6. The molecule has 0 bridgehead atoms. The van der Waals surface area contributed by atoms with Crippen LogP contribution in [0.5, 0.6) is 0 Å². The Morgan fingerprint density at radius 1 is 0.286 bits per heavy atom. The van der Waals surface area contributed by atoms with Gasteiger partial charge in [0.15, 0.2) is 12.2 Å². The SMILES string of the molecule is CCC(C)CCCCCCCCCCCCCCCCCCCCC(=O)O[C@H](COC(=O)CCCCCCCCCCCCCCCCC(C)C)COP(=O)(O)OC[C@@H](O)COP(=O)(O)OC[C@@H](COC(=O)CCCCCCCCC(C)C)OC(=O)CCCCCCCCC(C)CC. The molecule has 0 radical (unpaired) electrons. The highest BCUT2D eigenvalue weighted by atomic mass is 31.2. The number of aliphatic hydroxyl groups excluding tert-OH is 1. The van der Waals surface area contributed by atoms with E-state index in [0.29, 0.717) is 31.6 Å². The molecular formula is C79H154O17P2. The Morgan fingerprint density at radius 2 is 0.490 bits per heavy atom. The molecule has 0 amide bonds. The third-order valence-electron chi connectivity index (χ3n) is 19.0. The third kappa shape index (κ3) is 69.8. The minimum Gasteiger partial charge on any atom is -0.462 e. The summed E-state index contributed by atoms with van der Waals surface area (Å²) in [5.41, 5.74) is 0. The van der Waals surface area contributed by atoms with Gasteiger partial charge in [-0.2, -0.15) is 0 Å². The van der Waals surface area contributed by atoms with Gasteiger partial charge in [0, 0.05) is 25.7 Å². The van der Waals surface area contributed by atoms with Gasteiger partial charge in [-0.15, -0.1) is 0 Å². The summed E-state index contributed by atoms with van der Waals surface area (Å²) in [4.78, 5) is 72.8. The number of unbranched alkanes of at least 4 members (excludes halogenated alkanes) is 40. The fourth-order valence-corrected chi connectivity index (χ4v) is 13.6. The Kier molecular flexibility index (Phi) is 66.8. The maximum absolute atomic E-state index is 13.1. The lowest BCUT2D eigenvalue weighted by atomic mass is 9.99. The zero-order chi connectivity index (χ0) is 72.4. The molecular weight excluding hydrogens is 1280 g/mol. The number of ether oxygens (including phenoxy) is 4. The standard InChI is InChI=1S/C79H154O17P2/c1-9-71(7)57-49-41-32-28-24-20-15-13-11-12-14-16-22-26-30-34-45-53-61-78(83)95-74(65-89-76(81)59-51-43-33-29-25-21-18-17-19-23-27-31-39-47-55-69(3)4)67-93-97(85,86)91-63-73(80)64-92-98(87,88)94-68-75(66-90-77(82)60-52-44-37-35-40-48-56-70(5)6)96-79(84)62-54-46-38-36-42-50-58-72(8)10-2/h69-75,80H,9-68H2,1-8H3,(H,85,86)(H,87,88)/t71?,72?,73-,74-,75-/m1/s1. The van der Waals surface area contributed by atoms with Gasteiger partial charge in [0.2, 0.25) is 0 Å². The fraction of sp³-hybridized carbons (Fsp3) is 0.949. The van der Waals surface area contributed by atoms with Crippen molar-refractivity contribution < 1.29 is 80.2 Å². The highest BCUT2D eigenvalue weighted by molar-refractivity contribution is 7.47. The molecule has 0 spiro atoms. The quantitative estimate of drug-likeness (QED) is 0.0222. The predicted octanol–water partition coefficient (Wildman–Crippen LogP) is 23.2. The van der Waals surface area contributed by atoms with Crippen molar-refractivity contribution in [1.29, 1.82) is 0 Å². The van der Waals surface area contributed by atoms with Crippen molar-refractivity contribution in [2.75, 3.05) is 39.6 Å². The van der Waals surface area contributed by atoms with E-state index in [2.05, 4.69) is 55.4 Å². The van der Waals surface area contributed by atoms with Crippen molar-refractivity contribution in [3.05, 3.63) is 0 Å². The molecule has 0 aromatic carbocycles. The lowest BCUT2D eigenvalue weighted by molar-refractivity contribution is -0.161. The van der Waals surface area contributed by atoms with Crippen molar-refractivity contribution in [3.63, 3.8) is 0 Å². The van der Waals surface area contributed by atoms with Crippen LogP contribution >= 0.6 is 15.6 Å². The van der Waals surface area contributed by atoms with Crippen LogP contribution in [-0.4, -0.2) is 96.7 Å². The molecule has 4 unspecified atom stereocenters. The van der Waals surface area contributed by atoms with Crippen LogP contribution in [0.25, 0.3) is 0 Å². The Labute approximate surface area is 600 Å². The van der Waals surface area contributed by atoms with Crippen molar-refractivity contribution in [1.82, 2.24) is 0 Å². The molecule has 0 aromatic heterocycles. The molecule has 3 N–H and O–H groups in total. The number of phosphoric acid groups is 2. The highest BCUT2D eigenvalue weighted by Gasteiger charge is 2.30. The number of aliphatic hydroxyl groups is 1. The molecule has 0 rings (SSSR count). The molecule has 17 nitrogen and oxygen atoms in total. The molecule has 0 aliphatic heterocycles. The van der Waals surface area contributed by atoms with E-state index in [4.69, 9.17) is 37.0 Å². The highest BCUT2D eigenvalue weighted by Crippen LogP contribution is 2.45. The average Bonchev–Trinajstić information content (AvgIpc) is 1.03. The second-order valence-electron chi connectivity index (χ2n) is 29.9. The first kappa shape index (κ1) is 96.1. The lowest BCUT2D eigenvalue weighted by Crippen LogP contribution is -2.30. The molecule has 0 aromatic rings. The Bertz CT molecular complexity index is 1920. The van der Waals surface area contributed by atoms with Crippen molar-refractivity contribution in [2.45, 2.75) is 420 Å². The van der Waals surface area contributed by atoms with E-state index >= 15 is 0 Å². The summed E-state index contributed by atoms with van der Waals surface area (Å²) >= 11 is 0. The van der Waals surface area contributed by atoms with Gasteiger partial charge < -0.3 is 33.8 Å². The summed E-state index contributed by atoms with van der Waals surface area (Å²) in [6.07, 6.45) is 54.5. The van der Waals surface area contributed by atoms with E-state index in [1.54, 1.807) is 0 Å². The van der Waals surface area contributed by atoms with Gasteiger partial charge in [0.1, 0.15) is 19.3 Å². The molecule has 0 saturated carbocycles. The number of esters is 4. The van der Waals surface area contributed by atoms with E-state index in [1.807, 2.05) is 0 Å². The Balaban J connectivity index is 5.19. The summed E-state index contributed by atoms with van der Waals surface area (Å²) in [7, 11) is -9.91. The first-order valence-corrected chi connectivity index (χ1v) is 43.8. The van der Waals surface area contributed by atoms with E-state index in [9.17, 15) is 43.2 Å². The van der Waals surface area contributed by atoms with Crippen LogP contribution in [-0.2, 0) is 65.4 Å². The first-order valence-electron chi connectivity index (χ1n) is 40.8. The lowest BCUT2D eigenvalue weighted by Gasteiger charge is -2.21. The average molecular weight is 1440 g/mol. The summed E-state index contributed by atoms with van der Waals surface area (Å²) < 4.78 is 68.5.